The second kappa shape index (κ2) is 3.21. The van der Waals surface area contributed by atoms with E-state index in [1.54, 1.807) is 0 Å². The number of hydrogen-bond donors (Lipinski definition) is 1. The highest BCUT2D eigenvalue weighted by Crippen LogP contribution is 2.35. The first-order valence-corrected chi connectivity index (χ1v) is 4.24. The van der Waals surface area contributed by atoms with E-state index in [4.69, 9.17) is 5.73 Å². The van der Waals surface area contributed by atoms with E-state index in [-0.39, 0.29) is 11.3 Å². The van der Waals surface area contributed by atoms with E-state index in [2.05, 4.69) is 15.9 Å². The Bertz CT molecular complexity index is 333. The minimum Gasteiger partial charge on any atom is -0.398 e. The van der Waals surface area contributed by atoms with E-state index in [9.17, 15) is 13.2 Å². The molecule has 0 aliphatic heterocycles. The molecule has 1 rings (SSSR count). The predicted octanol–water partition coefficient (Wildman–Crippen LogP) is 3.36. The molecular weight excluding hydrogens is 247 g/mol. The molecule has 72 valence electrons. The van der Waals surface area contributed by atoms with Gasteiger partial charge in [0.2, 0.25) is 0 Å². The maximum atomic E-state index is 12.3. The van der Waals surface area contributed by atoms with Crippen LogP contribution in [0.25, 0.3) is 0 Å². The molecule has 0 fully saturated rings. The van der Waals surface area contributed by atoms with E-state index in [0.29, 0.717) is 4.47 Å². The van der Waals surface area contributed by atoms with Gasteiger partial charge in [0.05, 0.1) is 5.56 Å². The molecule has 0 aliphatic carbocycles. The van der Waals surface area contributed by atoms with Crippen LogP contribution >= 0.6 is 15.9 Å². The van der Waals surface area contributed by atoms with Crippen molar-refractivity contribution < 1.29 is 13.2 Å². The van der Waals surface area contributed by atoms with Gasteiger partial charge in [-0.15, -0.1) is 0 Å². The Morgan fingerprint density at radius 3 is 2.31 bits per heavy atom. The highest BCUT2D eigenvalue weighted by atomic mass is 79.9. The summed E-state index contributed by atoms with van der Waals surface area (Å²) < 4.78 is 37.4. The minimum atomic E-state index is -4.33. The van der Waals surface area contributed by atoms with Gasteiger partial charge in [0.1, 0.15) is 0 Å². The van der Waals surface area contributed by atoms with Gasteiger partial charge in [-0.2, -0.15) is 13.2 Å². The molecule has 5 heteroatoms. The topological polar surface area (TPSA) is 26.0 Å². The molecule has 0 atom stereocenters. The Hall–Kier alpha value is -0.710. The van der Waals surface area contributed by atoms with Crippen LogP contribution in [0.3, 0.4) is 0 Å². The summed E-state index contributed by atoms with van der Waals surface area (Å²) in [7, 11) is 0. The Balaban J connectivity index is 3.32. The number of nitrogens with two attached hydrogens (primary N) is 1. The van der Waals surface area contributed by atoms with Crippen molar-refractivity contribution in [3.63, 3.8) is 0 Å². The van der Waals surface area contributed by atoms with Crippen molar-refractivity contribution in [2.24, 2.45) is 0 Å². The van der Waals surface area contributed by atoms with Crippen LogP contribution in [0.4, 0.5) is 18.9 Å². The second-order valence-corrected chi connectivity index (χ2v) is 3.54. The highest BCUT2D eigenvalue weighted by molar-refractivity contribution is 9.10. The summed E-state index contributed by atoms with van der Waals surface area (Å²) >= 11 is 3.05. The standard InChI is InChI=1S/C8H7BrF3N/c1-4-2-6(9)7(13)3-5(4)8(10,11)12/h2-3H,13H2,1H3. The zero-order chi connectivity index (χ0) is 10.2. The van der Waals surface area contributed by atoms with Crippen molar-refractivity contribution in [3.8, 4) is 0 Å². The maximum absolute atomic E-state index is 12.3. The Morgan fingerprint density at radius 2 is 1.85 bits per heavy atom. The van der Waals surface area contributed by atoms with Gasteiger partial charge in [-0.25, -0.2) is 0 Å². The molecule has 0 spiro atoms. The molecule has 0 saturated carbocycles. The Labute approximate surface area is 81.9 Å². The first-order valence-electron chi connectivity index (χ1n) is 3.45. The average molecular weight is 254 g/mol. The van der Waals surface area contributed by atoms with Crippen LogP contribution in [-0.2, 0) is 6.18 Å². The number of alkyl halides is 3. The third-order valence-corrected chi connectivity index (χ3v) is 2.34. The molecule has 0 amide bonds. The van der Waals surface area contributed by atoms with Gasteiger partial charge in [-0.1, -0.05) is 0 Å². The second-order valence-electron chi connectivity index (χ2n) is 2.69. The predicted molar refractivity (Wildman–Crippen MR) is 48.3 cm³/mol. The number of anilines is 1. The fourth-order valence-corrected chi connectivity index (χ4v) is 1.45. The molecule has 0 aromatic heterocycles. The zero-order valence-corrected chi connectivity index (χ0v) is 8.33. The van der Waals surface area contributed by atoms with Gasteiger partial charge >= 0.3 is 6.18 Å². The van der Waals surface area contributed by atoms with Crippen molar-refractivity contribution in [2.45, 2.75) is 13.1 Å². The SMILES string of the molecule is Cc1cc(Br)c(N)cc1C(F)(F)F. The summed E-state index contributed by atoms with van der Waals surface area (Å²) in [6, 6.07) is 2.29. The number of aryl methyl sites for hydroxylation is 1. The van der Waals surface area contributed by atoms with Crippen LogP contribution in [0.1, 0.15) is 11.1 Å². The van der Waals surface area contributed by atoms with Crippen LogP contribution in [0.5, 0.6) is 0 Å². The smallest absolute Gasteiger partial charge is 0.398 e. The maximum Gasteiger partial charge on any atom is 0.416 e. The first-order chi connectivity index (χ1) is 5.82. The fourth-order valence-electron chi connectivity index (χ4n) is 0.995. The number of benzene rings is 1. The van der Waals surface area contributed by atoms with Crippen LogP contribution in [0.2, 0.25) is 0 Å². The molecule has 0 saturated heterocycles. The van der Waals surface area contributed by atoms with Crippen LogP contribution in [0, 0.1) is 6.92 Å². The Morgan fingerprint density at radius 1 is 1.31 bits per heavy atom. The van der Waals surface area contributed by atoms with Crippen LogP contribution in [-0.4, -0.2) is 0 Å². The van der Waals surface area contributed by atoms with Crippen LogP contribution < -0.4 is 5.73 Å². The lowest BCUT2D eigenvalue weighted by Crippen LogP contribution is -2.08. The molecule has 1 aromatic carbocycles. The summed E-state index contributed by atoms with van der Waals surface area (Å²) in [5.74, 6) is 0. The summed E-state index contributed by atoms with van der Waals surface area (Å²) in [5, 5.41) is 0. The lowest BCUT2D eigenvalue weighted by molar-refractivity contribution is -0.138. The van der Waals surface area contributed by atoms with E-state index in [1.165, 1.54) is 13.0 Å². The lowest BCUT2D eigenvalue weighted by atomic mass is 10.1. The van der Waals surface area contributed by atoms with Gasteiger partial charge in [0.25, 0.3) is 0 Å². The van der Waals surface area contributed by atoms with E-state index in [0.717, 1.165) is 6.07 Å². The number of halogens is 4. The van der Waals surface area contributed by atoms with Crippen molar-refractivity contribution in [3.05, 3.63) is 27.7 Å². The van der Waals surface area contributed by atoms with Crippen molar-refractivity contribution in [2.75, 3.05) is 5.73 Å². The van der Waals surface area contributed by atoms with Crippen molar-refractivity contribution in [1.29, 1.82) is 0 Å². The number of hydrogen-bond acceptors (Lipinski definition) is 1. The first kappa shape index (κ1) is 10.4. The molecular formula is C8H7BrF3N. The molecule has 0 radical (unpaired) electrons. The van der Waals surface area contributed by atoms with Gasteiger partial charge in [0.15, 0.2) is 0 Å². The number of nitrogen functional groups attached to an aromatic ring is 1. The summed E-state index contributed by atoms with van der Waals surface area (Å²) in [4.78, 5) is 0. The van der Waals surface area contributed by atoms with Crippen molar-refractivity contribution in [1.82, 2.24) is 0 Å². The Kier molecular flexibility index (Phi) is 2.56. The largest absolute Gasteiger partial charge is 0.416 e. The van der Waals surface area contributed by atoms with Gasteiger partial charge in [-0.05, 0) is 40.5 Å². The van der Waals surface area contributed by atoms with E-state index in [1.807, 2.05) is 0 Å². The zero-order valence-electron chi connectivity index (χ0n) is 6.74. The molecule has 2 N–H and O–H groups in total. The summed E-state index contributed by atoms with van der Waals surface area (Å²) in [6.07, 6.45) is -4.33. The third kappa shape index (κ3) is 2.15. The van der Waals surface area contributed by atoms with Gasteiger partial charge < -0.3 is 5.73 Å². The van der Waals surface area contributed by atoms with E-state index < -0.39 is 11.7 Å². The monoisotopic (exact) mass is 253 g/mol. The quantitative estimate of drug-likeness (QED) is 0.706. The molecule has 0 heterocycles. The fraction of sp³-hybridized carbons (Fsp3) is 0.250. The highest BCUT2D eigenvalue weighted by Gasteiger charge is 2.32. The van der Waals surface area contributed by atoms with Crippen molar-refractivity contribution >= 4 is 21.6 Å². The molecule has 1 aromatic rings. The van der Waals surface area contributed by atoms with Crippen LogP contribution in [0.15, 0.2) is 16.6 Å². The van der Waals surface area contributed by atoms with Gasteiger partial charge in [-0.3, -0.25) is 0 Å². The number of rotatable bonds is 0. The molecule has 0 aliphatic rings. The summed E-state index contributed by atoms with van der Waals surface area (Å²) in [5.41, 5.74) is 4.91. The normalized spacial score (nSPS) is 11.8. The lowest BCUT2D eigenvalue weighted by Gasteiger charge is -2.11. The molecule has 1 nitrogen and oxygen atoms in total. The summed E-state index contributed by atoms with van der Waals surface area (Å²) in [6.45, 7) is 1.40. The molecule has 0 bridgehead atoms. The molecule has 13 heavy (non-hydrogen) atoms. The van der Waals surface area contributed by atoms with E-state index >= 15 is 0 Å². The average Bonchev–Trinajstić information content (AvgIpc) is 1.94. The molecule has 0 unspecified atom stereocenters. The third-order valence-electron chi connectivity index (χ3n) is 1.65. The minimum absolute atomic E-state index is 0.0953. The van der Waals surface area contributed by atoms with Gasteiger partial charge in [0, 0.05) is 10.2 Å².